The van der Waals surface area contributed by atoms with Crippen molar-refractivity contribution in [3.8, 4) is 0 Å². The van der Waals surface area contributed by atoms with Gasteiger partial charge in [0.2, 0.25) is 0 Å². The van der Waals surface area contributed by atoms with Crippen LogP contribution in [0.4, 0.5) is 0 Å². The zero-order chi connectivity index (χ0) is 0. The molecule has 0 amide bonds. The van der Waals surface area contributed by atoms with Crippen molar-refractivity contribution in [2.75, 3.05) is 0 Å². The summed E-state index contributed by atoms with van der Waals surface area (Å²) in [5.74, 6) is 0. The zero-order valence-corrected chi connectivity index (χ0v) is 6.54. The van der Waals surface area contributed by atoms with Gasteiger partial charge in [-0.2, -0.15) is 9.90 Å². The van der Waals surface area contributed by atoms with Crippen molar-refractivity contribution in [1.82, 2.24) is 6.15 Å². The Morgan fingerprint density at radius 1 is 1.00 bits per heavy atom. The minimum atomic E-state index is 0. The van der Waals surface area contributed by atoms with E-state index in [1.807, 2.05) is 0 Å². The molecule has 1 unspecified atom stereocenters. The van der Waals surface area contributed by atoms with Crippen molar-refractivity contribution >= 4 is 29.3 Å². The van der Waals surface area contributed by atoms with Crippen LogP contribution in [0.1, 0.15) is 0 Å². The first kappa shape index (κ1) is 62.3. The summed E-state index contributed by atoms with van der Waals surface area (Å²) in [7, 11) is 0. The van der Waals surface area contributed by atoms with E-state index in [1.165, 1.54) is 0 Å². The van der Waals surface area contributed by atoms with E-state index in [0.717, 1.165) is 0 Å². The standard InChI is InChI=1S/BH3.H3N.Nd.H3P.H4Si/h2*1H3;;1H3;1H4. The average molecular weight is 241 g/mol. The van der Waals surface area contributed by atoms with Gasteiger partial charge in [0.05, 0.1) is 8.41 Å². The molecule has 0 aliphatic rings. The van der Waals surface area contributed by atoms with Crippen LogP contribution < -0.4 is 6.15 Å². The third-order valence-corrected chi connectivity index (χ3v) is 0. The SMILES string of the molecule is B.N.P.[Nd].[SiH4]. The summed E-state index contributed by atoms with van der Waals surface area (Å²) in [6.07, 6.45) is 0. The van der Waals surface area contributed by atoms with Gasteiger partial charge in [-0.15, -0.1) is 0 Å². The van der Waals surface area contributed by atoms with Gasteiger partial charge in [-0.05, 0) is 11.0 Å². The Kier molecular flexibility index (Phi) is 463. The zero-order valence-electron chi connectivity index (χ0n) is 1.91. The molecule has 0 bridgehead atoms. The van der Waals surface area contributed by atoms with E-state index in [-0.39, 0.29) is 76.3 Å². The third-order valence-electron chi connectivity index (χ3n) is 0. The van der Waals surface area contributed by atoms with Gasteiger partial charge in [0, 0.05) is 40.8 Å². The summed E-state index contributed by atoms with van der Waals surface area (Å²) in [5.41, 5.74) is 0. The summed E-state index contributed by atoms with van der Waals surface area (Å²) in [6.45, 7) is 0. The minimum absolute atomic E-state index is 0. The van der Waals surface area contributed by atoms with Gasteiger partial charge in [-0.3, -0.25) is 0 Å². The normalized spacial score (nSPS) is 0. The van der Waals surface area contributed by atoms with Gasteiger partial charge >= 0.3 is 0 Å². The molecule has 0 radical (unpaired) electrons. The summed E-state index contributed by atoms with van der Waals surface area (Å²) in [4.78, 5) is 0. The summed E-state index contributed by atoms with van der Waals surface area (Å²) >= 11 is 0. The Labute approximate surface area is 75.4 Å². The van der Waals surface area contributed by atoms with Gasteiger partial charge in [0.1, 0.15) is 0 Å². The molecule has 0 spiro atoms. The molecule has 0 saturated heterocycles. The first-order valence-corrected chi connectivity index (χ1v) is 0. The van der Waals surface area contributed by atoms with Crippen molar-refractivity contribution in [3.05, 3.63) is 0 Å². The third kappa shape index (κ3) is 23.8. The quantitative estimate of drug-likeness (QED) is 0.372. The Morgan fingerprint density at radius 3 is 1.00 bits per heavy atom. The molecule has 34 valence electrons. The van der Waals surface area contributed by atoms with Gasteiger partial charge < -0.3 is 6.15 Å². The molecule has 0 aliphatic heterocycles. The van der Waals surface area contributed by atoms with Crippen LogP contribution in [0.5, 0.6) is 0 Å². The second-order valence-corrected chi connectivity index (χ2v) is 0. The molecule has 3 N–H and O–H groups in total. The van der Waals surface area contributed by atoms with Crippen LogP contribution in [-0.2, 0) is 0 Å². The molecule has 5 heteroatoms. The molecular weight excluding hydrogens is 228 g/mol. The van der Waals surface area contributed by atoms with E-state index in [4.69, 9.17) is 0 Å². The van der Waals surface area contributed by atoms with E-state index in [1.54, 1.807) is 0 Å². The predicted octanol–water partition coefficient (Wildman–Crippen LogP) is -2.42. The van der Waals surface area contributed by atoms with Crippen molar-refractivity contribution in [2.45, 2.75) is 0 Å². The maximum Gasteiger partial charge on any atom is 0.0814 e. The molecule has 0 aromatic carbocycles. The molecule has 0 fully saturated rings. The van der Waals surface area contributed by atoms with Gasteiger partial charge in [-0.25, -0.2) is 0 Å². The minimum Gasteiger partial charge on any atom is -0.344 e. The summed E-state index contributed by atoms with van der Waals surface area (Å²) < 4.78 is 0. The van der Waals surface area contributed by atoms with Crippen molar-refractivity contribution < 1.29 is 40.8 Å². The van der Waals surface area contributed by atoms with E-state index in [9.17, 15) is 0 Å². The van der Waals surface area contributed by atoms with Crippen LogP contribution in [0.15, 0.2) is 0 Å². The molecule has 0 aromatic rings. The monoisotopic (exact) mass is 239 g/mol. The van der Waals surface area contributed by atoms with Gasteiger partial charge in [-0.1, -0.05) is 0 Å². The largest absolute Gasteiger partial charge is 0.344 e. The fourth-order valence-corrected chi connectivity index (χ4v) is 0. The van der Waals surface area contributed by atoms with Crippen LogP contribution >= 0.6 is 9.90 Å². The van der Waals surface area contributed by atoms with Crippen LogP contribution in [0.2, 0.25) is 0 Å². The fraction of sp³-hybridized carbons (Fsp3) is 0. The van der Waals surface area contributed by atoms with Crippen molar-refractivity contribution in [2.24, 2.45) is 0 Å². The van der Waals surface area contributed by atoms with E-state index in [0.29, 0.717) is 0 Å². The Balaban J connectivity index is 0. The Morgan fingerprint density at radius 2 is 1.00 bits per heavy atom. The molecular formula is H13BNNdPSi. The van der Waals surface area contributed by atoms with Crippen molar-refractivity contribution in [3.63, 3.8) is 0 Å². The van der Waals surface area contributed by atoms with Gasteiger partial charge in [0.25, 0.3) is 0 Å². The van der Waals surface area contributed by atoms with E-state index in [2.05, 4.69) is 0 Å². The second-order valence-electron chi connectivity index (χ2n) is 0. The predicted molar refractivity (Wildman–Crippen MR) is 37.4 cm³/mol. The van der Waals surface area contributed by atoms with Crippen LogP contribution in [0.3, 0.4) is 0 Å². The summed E-state index contributed by atoms with van der Waals surface area (Å²) in [5, 5.41) is 0. The first-order chi connectivity index (χ1) is 0. The average Bonchev–Trinajstić information content (AvgIpc) is 0. The summed E-state index contributed by atoms with van der Waals surface area (Å²) in [6, 6.07) is 0. The smallest absolute Gasteiger partial charge is 0.0814 e. The first-order valence-electron chi connectivity index (χ1n) is 0. The maximum absolute atomic E-state index is 0. The molecule has 0 aliphatic carbocycles. The number of hydrogen-bond donors (Lipinski definition) is 1. The van der Waals surface area contributed by atoms with Crippen LogP contribution in [0, 0.1) is 40.8 Å². The molecule has 1 atom stereocenters. The molecule has 0 heterocycles. The number of hydrogen-bond acceptors (Lipinski definition) is 1. The van der Waals surface area contributed by atoms with Gasteiger partial charge in [0.15, 0.2) is 0 Å². The molecule has 1 nitrogen and oxygen atoms in total. The topological polar surface area (TPSA) is 35.0 Å². The number of rotatable bonds is 0. The molecule has 0 aromatic heterocycles. The van der Waals surface area contributed by atoms with E-state index < -0.39 is 0 Å². The molecule has 0 saturated carbocycles. The Bertz CT molecular complexity index is 11.6. The molecule has 0 rings (SSSR count). The van der Waals surface area contributed by atoms with Crippen LogP contribution in [0.25, 0.3) is 0 Å². The Hall–Kier alpha value is 2.02. The van der Waals surface area contributed by atoms with E-state index >= 15 is 0 Å². The maximum atomic E-state index is 0. The fourth-order valence-electron chi connectivity index (χ4n) is 0. The van der Waals surface area contributed by atoms with Crippen molar-refractivity contribution in [1.29, 1.82) is 0 Å². The molecule has 5 heavy (non-hydrogen) atoms. The van der Waals surface area contributed by atoms with Crippen LogP contribution in [-0.4, -0.2) is 19.4 Å². The second kappa shape index (κ2) is 37.1.